The first-order valence-corrected chi connectivity index (χ1v) is 18.0. The van der Waals surface area contributed by atoms with Crippen LogP contribution >= 0.6 is 0 Å². The highest BCUT2D eigenvalue weighted by atomic mass is 19.4. The van der Waals surface area contributed by atoms with Gasteiger partial charge in [-0.1, -0.05) is 104 Å². The molecule has 6 atom stereocenters. The van der Waals surface area contributed by atoms with E-state index in [1.54, 1.807) is 0 Å². The highest BCUT2D eigenvalue weighted by Gasteiger charge is 2.47. The van der Waals surface area contributed by atoms with Gasteiger partial charge in [-0.15, -0.1) is 0 Å². The second kappa shape index (κ2) is 16.6. The molecular weight excluding hydrogens is 683 g/mol. The van der Waals surface area contributed by atoms with E-state index in [2.05, 4.69) is 43.2 Å². The summed E-state index contributed by atoms with van der Waals surface area (Å²) in [4.78, 5) is 27.6. The van der Waals surface area contributed by atoms with Gasteiger partial charge >= 0.3 is 12.1 Å². The maximum Gasteiger partial charge on any atom is 0.471 e. The Morgan fingerprint density at radius 1 is 0.906 bits per heavy atom. The number of alkyl halides is 3. The summed E-state index contributed by atoms with van der Waals surface area (Å²) in [5.74, 6) is -2.55. The van der Waals surface area contributed by atoms with Gasteiger partial charge in [-0.05, 0) is 66.3 Å². The van der Waals surface area contributed by atoms with Crippen molar-refractivity contribution in [2.75, 3.05) is 20.1 Å². The number of nitrogens with one attached hydrogen (secondary N) is 1. The first-order chi connectivity index (χ1) is 25.4. The molecule has 0 unspecified atom stereocenters. The van der Waals surface area contributed by atoms with Crippen molar-refractivity contribution in [2.24, 2.45) is 5.92 Å². The molecule has 4 aromatic rings. The third kappa shape index (κ3) is 8.98. The van der Waals surface area contributed by atoms with Crippen molar-refractivity contribution in [1.82, 2.24) is 15.1 Å². The normalized spacial score (nSPS) is 22.5. The SMILES string of the molecule is C[C@@H]1[C@H](CN(C)[C@@H](C)c2ccccc2)O[C@H](c2ccc(-c3cccc(CNC(=O)[C@@H]4CCCN4C(=O)C(F)(F)F)c3)cc2)O[C@@H]1c1ccc(CO)cc1. The zero-order valence-electron chi connectivity index (χ0n) is 30.1. The van der Waals surface area contributed by atoms with Crippen molar-refractivity contribution in [3.05, 3.63) is 131 Å². The Bertz CT molecular complexity index is 1840. The van der Waals surface area contributed by atoms with E-state index >= 15 is 0 Å². The molecule has 280 valence electrons. The van der Waals surface area contributed by atoms with Crippen LogP contribution in [0.1, 0.15) is 72.9 Å². The lowest BCUT2D eigenvalue weighted by atomic mass is 9.89. The maximum atomic E-state index is 13.0. The number of aliphatic hydroxyl groups is 1. The Morgan fingerprint density at radius 3 is 2.28 bits per heavy atom. The number of benzene rings is 4. The minimum atomic E-state index is -5.02. The van der Waals surface area contributed by atoms with E-state index < -0.39 is 30.3 Å². The van der Waals surface area contributed by atoms with Gasteiger partial charge in [-0.25, -0.2) is 0 Å². The molecule has 0 bridgehead atoms. The van der Waals surface area contributed by atoms with Gasteiger partial charge in [0.1, 0.15) is 6.04 Å². The van der Waals surface area contributed by atoms with Crippen molar-refractivity contribution >= 4 is 11.8 Å². The second-order valence-corrected chi connectivity index (χ2v) is 14.0. The third-order valence-corrected chi connectivity index (χ3v) is 10.5. The summed E-state index contributed by atoms with van der Waals surface area (Å²) >= 11 is 0. The monoisotopic (exact) mass is 729 g/mol. The van der Waals surface area contributed by atoms with Gasteiger partial charge in [0.2, 0.25) is 5.91 Å². The van der Waals surface area contributed by atoms with Gasteiger partial charge in [0, 0.05) is 37.2 Å². The molecule has 2 N–H and O–H groups in total. The number of nitrogens with zero attached hydrogens (tertiary/aromatic N) is 2. The van der Waals surface area contributed by atoms with Gasteiger partial charge in [-0.3, -0.25) is 14.5 Å². The molecule has 0 radical (unpaired) electrons. The topological polar surface area (TPSA) is 91.3 Å². The Labute approximate surface area is 308 Å². The first-order valence-electron chi connectivity index (χ1n) is 18.0. The fourth-order valence-electron chi connectivity index (χ4n) is 7.20. The zero-order chi connectivity index (χ0) is 37.7. The van der Waals surface area contributed by atoms with Crippen molar-refractivity contribution < 1.29 is 37.3 Å². The number of likely N-dealkylation sites (N-methyl/N-ethyl adjacent to an activating group) is 1. The standard InChI is InChI=1S/C42H46F3N3O5/c1-27-37(25-47(3)28(2)31-10-5-4-6-11-31)52-40(53-38(27)33-16-14-29(26-49)15-17-33)34-20-18-32(19-21-34)35-12-7-9-30(23-35)24-46-39(50)36-13-8-22-48(36)41(51)42(43,44)45/h4-7,9-12,14-21,23,27-28,36-38,40,49H,8,13,22,24-26H2,1-3H3,(H,46,50)/t27-,28+,36+,37+,38+,40+/m1/s1. The van der Waals surface area contributed by atoms with Gasteiger partial charge in [-0.2, -0.15) is 13.2 Å². The summed E-state index contributed by atoms with van der Waals surface area (Å²) in [5, 5.41) is 12.3. The lowest BCUT2D eigenvalue weighted by Crippen LogP contribution is -2.50. The van der Waals surface area contributed by atoms with Crippen LogP contribution in [-0.4, -0.2) is 65.2 Å². The molecule has 6 rings (SSSR count). The smallest absolute Gasteiger partial charge is 0.392 e. The molecule has 2 aliphatic heterocycles. The number of halogens is 3. The quantitative estimate of drug-likeness (QED) is 0.166. The van der Waals surface area contributed by atoms with Crippen LogP contribution in [0.3, 0.4) is 0 Å². The fourth-order valence-corrected chi connectivity index (χ4v) is 7.20. The van der Waals surface area contributed by atoms with E-state index in [0.717, 1.165) is 33.4 Å². The minimum Gasteiger partial charge on any atom is -0.392 e. The molecule has 2 heterocycles. The fraction of sp³-hybridized carbons (Fsp3) is 0.381. The van der Waals surface area contributed by atoms with Gasteiger partial charge < -0.3 is 24.8 Å². The molecule has 0 aromatic heterocycles. The van der Waals surface area contributed by atoms with Crippen LogP contribution in [0.2, 0.25) is 0 Å². The molecule has 0 spiro atoms. The van der Waals surface area contributed by atoms with Crippen LogP contribution in [0.5, 0.6) is 0 Å². The van der Waals surface area contributed by atoms with Crippen LogP contribution in [0.4, 0.5) is 13.2 Å². The summed E-state index contributed by atoms with van der Waals surface area (Å²) in [6.07, 6.45) is -5.52. The second-order valence-electron chi connectivity index (χ2n) is 14.0. The number of rotatable bonds is 11. The van der Waals surface area contributed by atoms with Crippen LogP contribution < -0.4 is 5.32 Å². The average molecular weight is 730 g/mol. The van der Waals surface area contributed by atoms with Crippen molar-refractivity contribution in [3.8, 4) is 11.1 Å². The summed E-state index contributed by atoms with van der Waals surface area (Å²) in [6.45, 7) is 5.00. The number of carbonyl (C=O) groups excluding carboxylic acids is 2. The number of ether oxygens (including phenoxy) is 2. The van der Waals surface area contributed by atoms with Crippen LogP contribution in [0.15, 0.2) is 103 Å². The number of likely N-dealkylation sites (tertiary alicyclic amines) is 1. The van der Waals surface area contributed by atoms with E-state index in [4.69, 9.17) is 9.47 Å². The lowest BCUT2D eigenvalue weighted by Gasteiger charge is -2.43. The van der Waals surface area contributed by atoms with E-state index in [-0.39, 0.29) is 50.3 Å². The van der Waals surface area contributed by atoms with Gasteiger partial charge in [0.05, 0.1) is 18.8 Å². The highest BCUT2D eigenvalue weighted by molar-refractivity contribution is 5.90. The van der Waals surface area contributed by atoms with Crippen LogP contribution in [-0.2, 0) is 32.2 Å². The molecular formula is C42H46F3N3O5. The maximum absolute atomic E-state index is 13.0. The molecule has 53 heavy (non-hydrogen) atoms. The minimum absolute atomic E-state index is 0.0287. The predicted molar refractivity (Wildman–Crippen MR) is 195 cm³/mol. The molecule has 2 fully saturated rings. The van der Waals surface area contributed by atoms with E-state index in [0.29, 0.717) is 17.9 Å². The number of aliphatic hydroxyl groups excluding tert-OH is 1. The summed E-state index contributed by atoms with van der Waals surface area (Å²) in [7, 11) is 2.11. The highest BCUT2D eigenvalue weighted by Crippen LogP contribution is 2.42. The summed E-state index contributed by atoms with van der Waals surface area (Å²) < 4.78 is 52.5. The largest absolute Gasteiger partial charge is 0.471 e. The van der Waals surface area contributed by atoms with E-state index in [9.17, 15) is 27.9 Å². The van der Waals surface area contributed by atoms with Crippen molar-refractivity contribution in [3.63, 3.8) is 0 Å². The lowest BCUT2D eigenvalue weighted by molar-refractivity contribution is -0.276. The molecule has 2 aliphatic rings. The number of hydrogen-bond acceptors (Lipinski definition) is 6. The Kier molecular flexibility index (Phi) is 12.0. The Morgan fingerprint density at radius 2 is 1.60 bits per heavy atom. The first kappa shape index (κ1) is 38.2. The van der Waals surface area contributed by atoms with Gasteiger partial charge in [0.15, 0.2) is 6.29 Å². The molecule has 2 amide bonds. The van der Waals surface area contributed by atoms with E-state index in [1.165, 1.54) is 5.56 Å². The van der Waals surface area contributed by atoms with Crippen LogP contribution in [0.25, 0.3) is 11.1 Å². The predicted octanol–water partition coefficient (Wildman–Crippen LogP) is 7.50. The molecule has 11 heteroatoms. The molecule has 0 aliphatic carbocycles. The average Bonchev–Trinajstić information content (AvgIpc) is 3.67. The zero-order valence-corrected chi connectivity index (χ0v) is 30.1. The number of hydrogen-bond donors (Lipinski definition) is 2. The molecule has 8 nitrogen and oxygen atoms in total. The van der Waals surface area contributed by atoms with Crippen molar-refractivity contribution in [1.29, 1.82) is 0 Å². The Hall–Kier alpha value is -4.55. The number of amides is 2. The van der Waals surface area contributed by atoms with Crippen LogP contribution in [0, 0.1) is 5.92 Å². The van der Waals surface area contributed by atoms with Gasteiger partial charge in [0.25, 0.3) is 0 Å². The molecule has 4 aromatic carbocycles. The van der Waals surface area contributed by atoms with E-state index in [1.807, 2.05) is 91.0 Å². The molecule has 0 saturated carbocycles. The summed E-state index contributed by atoms with van der Waals surface area (Å²) in [5.41, 5.74) is 6.52. The molecule has 2 saturated heterocycles. The third-order valence-electron chi connectivity index (χ3n) is 10.5. The van der Waals surface area contributed by atoms with Crippen molar-refractivity contribution in [2.45, 2.75) is 76.6 Å². The Balaban J connectivity index is 1.16. The number of carbonyl (C=O) groups is 2. The summed E-state index contributed by atoms with van der Waals surface area (Å²) in [6, 6.07) is 32.8.